The van der Waals surface area contributed by atoms with Gasteiger partial charge in [0.1, 0.15) is 16.8 Å². The minimum absolute atomic E-state index is 0.0107. The molecule has 1 N–H and O–H groups in total. The quantitative estimate of drug-likeness (QED) is 0.125. The van der Waals surface area contributed by atoms with Gasteiger partial charge in [-0.15, -0.1) is 0 Å². The van der Waals surface area contributed by atoms with Gasteiger partial charge in [0.2, 0.25) is 11.7 Å². The zero-order valence-electron chi connectivity index (χ0n) is 18.5. The van der Waals surface area contributed by atoms with Crippen LogP contribution < -0.4 is 10.2 Å². The molecule has 1 atom stereocenters. The van der Waals surface area contributed by atoms with Crippen LogP contribution in [0.15, 0.2) is 11.8 Å². The van der Waals surface area contributed by atoms with Gasteiger partial charge in [-0.3, -0.25) is 9.59 Å². The molecule has 0 radical (unpaired) electrons. The molecule has 180 valence electrons. The van der Waals surface area contributed by atoms with Crippen LogP contribution in [0.5, 0.6) is 0 Å². The molecule has 2 aliphatic rings. The smallest absolute Gasteiger partial charge is 0.343 e. The molecular weight excluding hydrogens is 446 g/mol. The van der Waals surface area contributed by atoms with Crippen molar-refractivity contribution in [1.29, 1.82) is 0 Å². The number of piperazine rings is 1. The van der Waals surface area contributed by atoms with E-state index in [0.717, 1.165) is 23.9 Å². The number of Topliss-reactive ketones (excluding diaryl/α,β-unsaturated/α-hetero) is 1. The van der Waals surface area contributed by atoms with Crippen molar-refractivity contribution in [3.63, 3.8) is 0 Å². The Morgan fingerprint density at radius 1 is 1.06 bits per heavy atom. The number of nitrogens with zero attached hydrogens (tertiary/aromatic N) is 2. The predicted octanol–water partition coefficient (Wildman–Crippen LogP) is 2.68. The van der Waals surface area contributed by atoms with E-state index in [1.54, 1.807) is 6.92 Å². The summed E-state index contributed by atoms with van der Waals surface area (Å²) in [6, 6.07) is -0.474. The fourth-order valence-corrected chi connectivity index (χ4v) is 3.74. The summed E-state index contributed by atoms with van der Waals surface area (Å²) in [5.41, 5.74) is -3.24. The molecule has 1 heterocycles. The summed E-state index contributed by atoms with van der Waals surface area (Å²) in [4.78, 5) is 39.2. The van der Waals surface area contributed by atoms with Crippen molar-refractivity contribution < 1.29 is 36.7 Å². The number of carbonyl (C=O) groups is 3. The Hall–Kier alpha value is -3.11. The molecule has 33 heavy (non-hydrogen) atoms. The lowest BCUT2D eigenvalue weighted by Gasteiger charge is -2.40. The first-order valence-corrected chi connectivity index (χ1v) is 10.6. The Morgan fingerprint density at radius 2 is 1.67 bits per heavy atom. The van der Waals surface area contributed by atoms with Crippen molar-refractivity contribution in [3.05, 3.63) is 40.6 Å². The Kier molecular flexibility index (Phi) is 7.28. The molecule has 11 heteroatoms. The summed E-state index contributed by atoms with van der Waals surface area (Å²) in [6.45, 7) is 4.29. The number of rotatable bonds is 7. The molecule has 1 aliphatic carbocycles. The Balaban J connectivity index is 1.99. The number of ether oxygens (including phenoxy) is 1. The predicted molar refractivity (Wildman–Crippen MR) is 111 cm³/mol. The van der Waals surface area contributed by atoms with E-state index < -0.39 is 57.9 Å². The summed E-state index contributed by atoms with van der Waals surface area (Å²) in [5, 5.41) is 2.74. The minimum atomic E-state index is -1.91. The van der Waals surface area contributed by atoms with Crippen LogP contribution in [0.25, 0.3) is 0 Å². The summed E-state index contributed by atoms with van der Waals surface area (Å²) in [7, 11) is 0. The molecule has 7 nitrogen and oxygen atoms in total. The maximum Gasteiger partial charge on any atom is 0.343 e. The van der Waals surface area contributed by atoms with Gasteiger partial charge in [0.25, 0.3) is 0 Å². The fourth-order valence-electron chi connectivity index (χ4n) is 3.74. The van der Waals surface area contributed by atoms with Crippen molar-refractivity contribution in [2.75, 3.05) is 31.1 Å². The molecule has 1 amide bonds. The van der Waals surface area contributed by atoms with E-state index in [4.69, 9.17) is 4.74 Å². The van der Waals surface area contributed by atoms with Gasteiger partial charge in [-0.25, -0.2) is 22.4 Å². The maximum absolute atomic E-state index is 15.0. The molecule has 0 bridgehead atoms. The molecule has 1 saturated carbocycles. The second kappa shape index (κ2) is 9.80. The Labute approximate surface area is 188 Å². The average molecular weight is 471 g/mol. The molecule has 1 saturated heterocycles. The van der Waals surface area contributed by atoms with Gasteiger partial charge in [-0.05, 0) is 26.7 Å². The molecule has 1 aromatic rings. The van der Waals surface area contributed by atoms with Crippen LogP contribution in [0, 0.1) is 23.3 Å². The van der Waals surface area contributed by atoms with Gasteiger partial charge in [0.05, 0.1) is 6.61 Å². The zero-order chi connectivity index (χ0) is 24.4. The first-order valence-electron chi connectivity index (χ1n) is 10.6. The number of hydrogen-bond donors (Lipinski definition) is 1. The van der Waals surface area contributed by atoms with Crippen LogP contribution >= 0.6 is 0 Å². The zero-order valence-corrected chi connectivity index (χ0v) is 18.5. The highest BCUT2D eigenvalue weighted by Crippen LogP contribution is 2.33. The third kappa shape index (κ3) is 4.96. The van der Waals surface area contributed by atoms with E-state index in [1.165, 1.54) is 18.7 Å². The fraction of sp³-hybridized carbons (Fsp3) is 0.500. The van der Waals surface area contributed by atoms with Crippen LogP contribution in [0.1, 0.15) is 44.0 Å². The highest BCUT2D eigenvalue weighted by molar-refractivity contribution is 6.24. The molecule has 3 rings (SSSR count). The molecule has 0 spiro atoms. The largest absolute Gasteiger partial charge is 0.462 e. The monoisotopic (exact) mass is 471 g/mol. The Bertz CT molecular complexity index is 981. The van der Waals surface area contributed by atoms with E-state index in [9.17, 15) is 31.9 Å². The molecule has 1 aliphatic heterocycles. The third-order valence-electron chi connectivity index (χ3n) is 5.60. The highest BCUT2D eigenvalue weighted by atomic mass is 19.2. The van der Waals surface area contributed by atoms with E-state index >= 15 is 0 Å². The number of ketones is 1. The standard InChI is InChI=1S/C22H25F4N3O4/c1-4-33-22(32)14(9-27-13-5-6-13)21(31)15-16(23)18(25)20(19(26)17(15)24)28-7-8-29(12(3)30)11(2)10-28/h9,11,13,27H,4-8,10H2,1-3H3. The number of amides is 1. The van der Waals surface area contributed by atoms with E-state index in [1.807, 2.05) is 0 Å². The van der Waals surface area contributed by atoms with E-state index in [2.05, 4.69) is 5.32 Å². The van der Waals surface area contributed by atoms with Crippen LogP contribution in [0.4, 0.5) is 23.2 Å². The second-order valence-electron chi connectivity index (χ2n) is 8.04. The summed E-state index contributed by atoms with van der Waals surface area (Å²) in [5.74, 6) is -10.3. The number of anilines is 1. The van der Waals surface area contributed by atoms with Gasteiger partial charge < -0.3 is 19.9 Å². The van der Waals surface area contributed by atoms with Gasteiger partial charge >= 0.3 is 5.97 Å². The van der Waals surface area contributed by atoms with E-state index in [-0.39, 0.29) is 38.2 Å². The van der Waals surface area contributed by atoms with Crippen LogP contribution in [0.2, 0.25) is 0 Å². The number of benzene rings is 1. The first-order chi connectivity index (χ1) is 15.6. The molecule has 1 unspecified atom stereocenters. The molecule has 0 aromatic heterocycles. The Morgan fingerprint density at radius 3 is 2.15 bits per heavy atom. The topological polar surface area (TPSA) is 79.0 Å². The third-order valence-corrected chi connectivity index (χ3v) is 5.60. The normalized spacial score (nSPS) is 18.9. The second-order valence-corrected chi connectivity index (χ2v) is 8.04. The van der Waals surface area contributed by atoms with Gasteiger partial charge in [0.15, 0.2) is 23.3 Å². The maximum atomic E-state index is 15.0. The van der Waals surface area contributed by atoms with Crippen molar-refractivity contribution in [1.82, 2.24) is 10.2 Å². The lowest BCUT2D eigenvalue weighted by Crippen LogP contribution is -2.54. The van der Waals surface area contributed by atoms with Crippen LogP contribution in [-0.4, -0.2) is 60.9 Å². The number of carbonyl (C=O) groups excluding carboxylic acids is 3. The number of halogens is 4. The van der Waals surface area contributed by atoms with Crippen molar-refractivity contribution in [3.8, 4) is 0 Å². The van der Waals surface area contributed by atoms with Crippen molar-refractivity contribution >= 4 is 23.3 Å². The summed E-state index contributed by atoms with van der Waals surface area (Å²) >= 11 is 0. The minimum Gasteiger partial charge on any atom is -0.462 e. The number of nitrogens with one attached hydrogen (secondary N) is 1. The lowest BCUT2D eigenvalue weighted by molar-refractivity contribution is -0.138. The molecule has 1 aromatic carbocycles. The molecular formula is C22H25F4N3O4. The van der Waals surface area contributed by atoms with Crippen molar-refractivity contribution in [2.45, 2.75) is 45.7 Å². The average Bonchev–Trinajstić information content (AvgIpc) is 3.57. The summed E-state index contributed by atoms with van der Waals surface area (Å²) < 4.78 is 64.6. The first kappa shape index (κ1) is 24.5. The highest BCUT2D eigenvalue weighted by Gasteiger charge is 2.37. The number of hydrogen-bond acceptors (Lipinski definition) is 6. The number of esters is 1. The van der Waals surface area contributed by atoms with Gasteiger partial charge in [0, 0.05) is 44.8 Å². The van der Waals surface area contributed by atoms with Crippen LogP contribution in [-0.2, 0) is 14.3 Å². The van der Waals surface area contributed by atoms with Crippen LogP contribution in [0.3, 0.4) is 0 Å². The van der Waals surface area contributed by atoms with Gasteiger partial charge in [-0.1, -0.05) is 0 Å². The van der Waals surface area contributed by atoms with E-state index in [0.29, 0.717) is 0 Å². The summed E-state index contributed by atoms with van der Waals surface area (Å²) in [6.07, 6.45) is 2.51. The lowest BCUT2D eigenvalue weighted by atomic mass is 10.0. The SMILES string of the molecule is CCOC(=O)C(=CNC1CC1)C(=O)c1c(F)c(F)c(N2CCN(C(C)=O)C(C)C2)c(F)c1F. The van der Waals surface area contributed by atoms with Crippen molar-refractivity contribution in [2.24, 2.45) is 0 Å². The van der Waals surface area contributed by atoms with Gasteiger partial charge in [-0.2, -0.15) is 0 Å². The molecule has 2 fully saturated rings.